The molecule has 6 rings (SSSR count). The molecule has 31 heavy (non-hydrogen) atoms. The number of hydrogen-bond donors (Lipinski definition) is 1. The maximum absolute atomic E-state index is 13.5. The van der Waals surface area contributed by atoms with Crippen molar-refractivity contribution in [1.29, 1.82) is 0 Å². The van der Waals surface area contributed by atoms with E-state index in [1.807, 2.05) is 29.0 Å². The number of pyridine rings is 1. The highest BCUT2D eigenvalue weighted by Gasteiger charge is 2.66. The average Bonchev–Trinajstić information content (AvgIpc) is 3.40. The summed E-state index contributed by atoms with van der Waals surface area (Å²) >= 11 is 0. The van der Waals surface area contributed by atoms with E-state index in [2.05, 4.69) is 10.3 Å². The van der Waals surface area contributed by atoms with Crippen LogP contribution in [0.2, 0.25) is 0 Å². The first kappa shape index (κ1) is 18.8. The van der Waals surface area contributed by atoms with Crippen LogP contribution in [0, 0.1) is 11.8 Å². The maximum Gasteiger partial charge on any atom is 0.256 e. The second kappa shape index (κ2) is 6.06. The monoisotopic (exact) mass is 423 g/mol. The normalized spacial score (nSPS) is 34.9. The predicted octanol–water partition coefficient (Wildman–Crippen LogP) is -0.00830. The molecular formula is C22H25N5O4. The Morgan fingerprint density at radius 1 is 1.26 bits per heavy atom. The smallest absolute Gasteiger partial charge is 0.256 e. The van der Waals surface area contributed by atoms with E-state index in [-0.39, 0.29) is 23.8 Å². The maximum atomic E-state index is 13.5. The van der Waals surface area contributed by atoms with Crippen LogP contribution < -0.4 is 10.2 Å². The van der Waals surface area contributed by atoms with Gasteiger partial charge in [-0.05, 0) is 12.1 Å². The van der Waals surface area contributed by atoms with Crippen LogP contribution in [-0.2, 0) is 14.3 Å². The van der Waals surface area contributed by atoms with Crippen molar-refractivity contribution in [2.45, 2.75) is 30.2 Å². The molecule has 0 saturated carbocycles. The minimum atomic E-state index is -0.652. The molecule has 0 aromatic carbocycles. The SMILES string of the molecule is CN1C[C@]23C=C[C@@H](O2)[C@H](C(=O)N2CCC4(CC2)NC(=O)c2cccnc2N4C)[C@@H]3C1=O. The van der Waals surface area contributed by atoms with Crippen molar-refractivity contribution in [2.24, 2.45) is 11.8 Å². The van der Waals surface area contributed by atoms with Gasteiger partial charge in [0.1, 0.15) is 17.1 Å². The van der Waals surface area contributed by atoms with Crippen molar-refractivity contribution >= 4 is 23.5 Å². The van der Waals surface area contributed by atoms with E-state index in [9.17, 15) is 14.4 Å². The molecule has 162 valence electrons. The fourth-order valence-corrected chi connectivity index (χ4v) is 6.15. The molecule has 1 aromatic heterocycles. The minimum Gasteiger partial charge on any atom is -0.360 e. The number of amides is 3. The van der Waals surface area contributed by atoms with E-state index in [0.717, 1.165) is 0 Å². The fraction of sp³-hybridized carbons (Fsp3) is 0.545. The highest BCUT2D eigenvalue weighted by Crippen LogP contribution is 2.52. The molecule has 2 bridgehead atoms. The van der Waals surface area contributed by atoms with Crippen molar-refractivity contribution < 1.29 is 19.1 Å². The molecule has 5 aliphatic rings. The standard InChI is InChI=1S/C22H25N5O4/c1-25-12-21-6-5-14(31-21)15(16(21)20(25)30)19(29)27-10-7-22(8-11-27)24-18(28)13-4-3-9-23-17(13)26(22)2/h3-6,9,14-16H,7-8,10-12H2,1-2H3,(H,24,28)/t14-,15+,16-,21+/m1/s1. The summed E-state index contributed by atoms with van der Waals surface area (Å²) in [5, 5.41) is 3.15. The zero-order valence-electron chi connectivity index (χ0n) is 17.6. The van der Waals surface area contributed by atoms with Crippen LogP contribution in [0.15, 0.2) is 30.5 Å². The molecule has 3 saturated heterocycles. The third kappa shape index (κ3) is 2.35. The van der Waals surface area contributed by atoms with Crippen LogP contribution in [0.3, 0.4) is 0 Å². The molecule has 4 atom stereocenters. The zero-order chi connectivity index (χ0) is 21.5. The van der Waals surface area contributed by atoms with E-state index in [1.54, 1.807) is 30.3 Å². The number of likely N-dealkylation sites (tertiary alicyclic amines) is 2. The van der Waals surface area contributed by atoms with Crippen LogP contribution >= 0.6 is 0 Å². The zero-order valence-corrected chi connectivity index (χ0v) is 17.6. The third-order valence-corrected chi connectivity index (χ3v) is 7.81. The summed E-state index contributed by atoms with van der Waals surface area (Å²) in [6.07, 6.45) is 6.45. The Labute approximate surface area is 180 Å². The third-order valence-electron chi connectivity index (χ3n) is 7.81. The Kier molecular flexibility index (Phi) is 3.68. The van der Waals surface area contributed by atoms with Gasteiger partial charge in [0.2, 0.25) is 11.8 Å². The van der Waals surface area contributed by atoms with Gasteiger partial charge in [-0.3, -0.25) is 14.4 Å². The highest BCUT2D eigenvalue weighted by molar-refractivity contribution is 6.01. The molecule has 1 aromatic rings. The van der Waals surface area contributed by atoms with Gasteiger partial charge in [0.25, 0.3) is 5.91 Å². The van der Waals surface area contributed by atoms with Crippen molar-refractivity contribution in [1.82, 2.24) is 20.1 Å². The number of carbonyl (C=O) groups is 3. The van der Waals surface area contributed by atoms with Crippen molar-refractivity contribution in [2.75, 3.05) is 38.6 Å². The number of piperidine rings is 1. The lowest BCUT2D eigenvalue weighted by atomic mass is 9.76. The summed E-state index contributed by atoms with van der Waals surface area (Å²) < 4.78 is 6.13. The van der Waals surface area contributed by atoms with Gasteiger partial charge in [-0.25, -0.2) is 4.98 Å². The summed E-state index contributed by atoms with van der Waals surface area (Å²) in [6, 6.07) is 3.53. The molecule has 6 heterocycles. The topological polar surface area (TPSA) is 95.1 Å². The molecule has 2 spiro atoms. The molecule has 5 aliphatic heterocycles. The van der Waals surface area contributed by atoms with Crippen molar-refractivity contribution in [3.63, 3.8) is 0 Å². The Hall–Kier alpha value is -2.94. The Morgan fingerprint density at radius 3 is 2.81 bits per heavy atom. The first-order valence-corrected chi connectivity index (χ1v) is 10.8. The summed E-state index contributed by atoms with van der Waals surface area (Å²) in [4.78, 5) is 48.9. The van der Waals surface area contributed by atoms with Gasteiger partial charge in [-0.15, -0.1) is 0 Å². The molecule has 0 unspecified atom stereocenters. The first-order chi connectivity index (χ1) is 14.9. The molecule has 3 amide bonds. The van der Waals surface area contributed by atoms with E-state index in [4.69, 9.17) is 4.74 Å². The van der Waals surface area contributed by atoms with Crippen molar-refractivity contribution in [3.8, 4) is 0 Å². The minimum absolute atomic E-state index is 0.0133. The molecule has 0 radical (unpaired) electrons. The van der Waals surface area contributed by atoms with Gasteiger partial charge in [0, 0.05) is 46.2 Å². The van der Waals surface area contributed by atoms with E-state index in [1.165, 1.54) is 0 Å². The summed E-state index contributed by atoms with van der Waals surface area (Å²) in [6.45, 7) is 1.50. The number of hydrogen-bond acceptors (Lipinski definition) is 6. The molecule has 1 N–H and O–H groups in total. The number of ether oxygens (including phenoxy) is 1. The Bertz CT molecular complexity index is 1030. The Balaban J connectivity index is 1.22. The summed E-state index contributed by atoms with van der Waals surface area (Å²) in [5.41, 5.74) is -0.652. The van der Waals surface area contributed by atoms with Gasteiger partial charge in [0.15, 0.2) is 0 Å². The Morgan fingerprint density at radius 2 is 2.03 bits per heavy atom. The number of carbonyl (C=O) groups excluding carboxylic acids is 3. The number of anilines is 1. The van der Waals surface area contributed by atoms with E-state index >= 15 is 0 Å². The largest absolute Gasteiger partial charge is 0.360 e. The van der Waals surface area contributed by atoms with Crippen LogP contribution in [-0.4, -0.2) is 83.6 Å². The van der Waals surface area contributed by atoms with Gasteiger partial charge in [-0.1, -0.05) is 12.2 Å². The number of likely N-dealkylation sites (N-methyl/N-ethyl adjacent to an activating group) is 1. The number of aromatic nitrogens is 1. The number of nitrogens with zero attached hydrogens (tertiary/aromatic N) is 4. The molecule has 9 nitrogen and oxygen atoms in total. The summed E-state index contributed by atoms with van der Waals surface area (Å²) in [7, 11) is 3.70. The lowest BCUT2D eigenvalue weighted by Crippen LogP contribution is -2.67. The van der Waals surface area contributed by atoms with Gasteiger partial charge < -0.3 is 24.8 Å². The van der Waals surface area contributed by atoms with Gasteiger partial charge in [-0.2, -0.15) is 0 Å². The first-order valence-electron chi connectivity index (χ1n) is 10.8. The molecule has 0 aliphatic carbocycles. The van der Waals surface area contributed by atoms with Crippen LogP contribution in [0.4, 0.5) is 5.82 Å². The van der Waals surface area contributed by atoms with E-state index in [0.29, 0.717) is 43.9 Å². The lowest BCUT2D eigenvalue weighted by Gasteiger charge is -2.51. The van der Waals surface area contributed by atoms with Crippen LogP contribution in [0.1, 0.15) is 23.2 Å². The van der Waals surface area contributed by atoms with Crippen molar-refractivity contribution in [3.05, 3.63) is 36.0 Å². The number of fused-ring (bicyclic) bond motifs is 2. The second-order valence-electron chi connectivity index (χ2n) is 9.34. The fourth-order valence-electron chi connectivity index (χ4n) is 6.15. The molecular weight excluding hydrogens is 398 g/mol. The quantitative estimate of drug-likeness (QED) is 0.639. The van der Waals surface area contributed by atoms with Crippen LogP contribution in [0.5, 0.6) is 0 Å². The summed E-state index contributed by atoms with van der Waals surface area (Å²) in [5.74, 6) is -0.418. The predicted molar refractivity (Wildman–Crippen MR) is 110 cm³/mol. The molecule has 3 fully saturated rings. The van der Waals surface area contributed by atoms with Gasteiger partial charge >= 0.3 is 0 Å². The molecule has 9 heteroatoms. The van der Waals surface area contributed by atoms with E-state index < -0.39 is 23.1 Å². The average molecular weight is 423 g/mol. The highest BCUT2D eigenvalue weighted by atomic mass is 16.5. The number of rotatable bonds is 1. The second-order valence-corrected chi connectivity index (χ2v) is 9.34. The number of nitrogens with one attached hydrogen (secondary N) is 1. The van der Waals surface area contributed by atoms with Crippen LogP contribution in [0.25, 0.3) is 0 Å². The lowest BCUT2D eigenvalue weighted by molar-refractivity contribution is -0.144. The van der Waals surface area contributed by atoms with Gasteiger partial charge in [0.05, 0.1) is 30.0 Å².